The standard InChI is InChI=1S/C18H20O/c1-11-12(2)14(4)17(15(5)13(11)3)18(19)16-9-7-6-8-10-16/h6-10H,1-5H3. The number of hydrogen-bond donors (Lipinski definition) is 0. The van der Waals surface area contributed by atoms with Gasteiger partial charge in [0, 0.05) is 11.1 Å². The van der Waals surface area contributed by atoms with Gasteiger partial charge in [-0.15, -0.1) is 0 Å². The van der Waals surface area contributed by atoms with Gasteiger partial charge in [-0.2, -0.15) is 0 Å². The van der Waals surface area contributed by atoms with Crippen LogP contribution in [0.4, 0.5) is 0 Å². The highest BCUT2D eigenvalue weighted by Crippen LogP contribution is 2.27. The predicted molar refractivity (Wildman–Crippen MR) is 80.0 cm³/mol. The lowest BCUT2D eigenvalue weighted by atomic mass is 9.86. The Hall–Kier alpha value is -1.89. The van der Waals surface area contributed by atoms with Crippen molar-refractivity contribution in [2.75, 3.05) is 0 Å². The molecule has 0 atom stereocenters. The quantitative estimate of drug-likeness (QED) is 0.721. The van der Waals surface area contributed by atoms with Crippen molar-refractivity contribution in [2.24, 2.45) is 0 Å². The van der Waals surface area contributed by atoms with E-state index in [9.17, 15) is 4.79 Å². The summed E-state index contributed by atoms with van der Waals surface area (Å²) < 4.78 is 0. The fourth-order valence-corrected chi connectivity index (χ4v) is 2.57. The molecule has 0 aliphatic heterocycles. The number of rotatable bonds is 2. The summed E-state index contributed by atoms with van der Waals surface area (Å²) in [4.78, 5) is 12.7. The van der Waals surface area contributed by atoms with Crippen LogP contribution in [0.5, 0.6) is 0 Å². The van der Waals surface area contributed by atoms with Crippen molar-refractivity contribution in [3.05, 3.63) is 69.3 Å². The van der Waals surface area contributed by atoms with E-state index in [1.54, 1.807) is 0 Å². The molecule has 0 saturated heterocycles. The number of hydrogen-bond acceptors (Lipinski definition) is 1. The van der Waals surface area contributed by atoms with Crippen molar-refractivity contribution >= 4 is 5.78 Å². The summed E-state index contributed by atoms with van der Waals surface area (Å²) in [7, 11) is 0. The van der Waals surface area contributed by atoms with Crippen LogP contribution in [0.1, 0.15) is 43.7 Å². The molecule has 0 aromatic heterocycles. The second kappa shape index (κ2) is 5.00. The molecule has 1 nitrogen and oxygen atoms in total. The molecule has 0 N–H and O–H groups in total. The minimum atomic E-state index is 0.127. The Kier molecular flexibility index (Phi) is 3.57. The molecule has 2 rings (SSSR count). The van der Waals surface area contributed by atoms with Gasteiger partial charge >= 0.3 is 0 Å². The Labute approximate surface area is 115 Å². The molecule has 2 aromatic carbocycles. The minimum absolute atomic E-state index is 0.127. The Morgan fingerprint density at radius 3 is 1.58 bits per heavy atom. The lowest BCUT2D eigenvalue weighted by Gasteiger charge is -2.17. The Bertz CT molecular complexity index is 607. The van der Waals surface area contributed by atoms with E-state index in [0.29, 0.717) is 0 Å². The first-order valence-electron chi connectivity index (χ1n) is 6.61. The molecule has 0 aliphatic rings. The van der Waals surface area contributed by atoms with Gasteiger partial charge in [-0.1, -0.05) is 30.3 Å². The van der Waals surface area contributed by atoms with Crippen LogP contribution in [-0.4, -0.2) is 5.78 Å². The highest BCUT2D eigenvalue weighted by atomic mass is 16.1. The van der Waals surface area contributed by atoms with Crippen molar-refractivity contribution < 1.29 is 4.79 Å². The molecule has 0 fully saturated rings. The van der Waals surface area contributed by atoms with Crippen LogP contribution >= 0.6 is 0 Å². The van der Waals surface area contributed by atoms with Gasteiger partial charge in [0.2, 0.25) is 0 Å². The van der Waals surface area contributed by atoms with E-state index in [1.165, 1.54) is 16.7 Å². The Morgan fingerprint density at radius 1 is 0.684 bits per heavy atom. The smallest absolute Gasteiger partial charge is 0.193 e. The summed E-state index contributed by atoms with van der Waals surface area (Å²) in [5, 5.41) is 0. The van der Waals surface area contributed by atoms with E-state index in [-0.39, 0.29) is 5.78 Å². The van der Waals surface area contributed by atoms with Crippen molar-refractivity contribution in [1.82, 2.24) is 0 Å². The monoisotopic (exact) mass is 252 g/mol. The van der Waals surface area contributed by atoms with Gasteiger partial charge in [0.15, 0.2) is 5.78 Å². The third-order valence-corrected chi connectivity index (χ3v) is 4.26. The summed E-state index contributed by atoms with van der Waals surface area (Å²) in [6, 6.07) is 9.51. The van der Waals surface area contributed by atoms with Gasteiger partial charge in [0.05, 0.1) is 0 Å². The van der Waals surface area contributed by atoms with E-state index >= 15 is 0 Å². The first-order chi connectivity index (χ1) is 8.95. The minimum Gasteiger partial charge on any atom is -0.289 e. The summed E-state index contributed by atoms with van der Waals surface area (Å²) in [5.74, 6) is 0.127. The molecule has 1 heteroatoms. The van der Waals surface area contributed by atoms with Crippen LogP contribution in [0.15, 0.2) is 30.3 Å². The van der Waals surface area contributed by atoms with Crippen molar-refractivity contribution in [1.29, 1.82) is 0 Å². The van der Waals surface area contributed by atoms with Gasteiger partial charge in [0.1, 0.15) is 0 Å². The summed E-state index contributed by atoms with van der Waals surface area (Å²) in [6.07, 6.45) is 0. The maximum Gasteiger partial charge on any atom is 0.193 e. The first-order valence-corrected chi connectivity index (χ1v) is 6.61. The molecule has 19 heavy (non-hydrogen) atoms. The number of benzene rings is 2. The van der Waals surface area contributed by atoms with Crippen LogP contribution < -0.4 is 0 Å². The fourth-order valence-electron chi connectivity index (χ4n) is 2.57. The summed E-state index contributed by atoms with van der Waals surface area (Å²) in [5.41, 5.74) is 7.58. The second-order valence-corrected chi connectivity index (χ2v) is 5.20. The van der Waals surface area contributed by atoms with Crippen molar-refractivity contribution in [2.45, 2.75) is 34.6 Å². The fraction of sp³-hybridized carbons (Fsp3) is 0.278. The van der Waals surface area contributed by atoms with Crippen LogP contribution in [0.3, 0.4) is 0 Å². The van der Waals surface area contributed by atoms with Gasteiger partial charge in [-0.05, 0) is 62.4 Å². The van der Waals surface area contributed by atoms with Gasteiger partial charge < -0.3 is 0 Å². The summed E-state index contributed by atoms with van der Waals surface area (Å²) in [6.45, 7) is 10.4. The molecule has 0 radical (unpaired) electrons. The second-order valence-electron chi connectivity index (χ2n) is 5.20. The van der Waals surface area contributed by atoms with E-state index < -0.39 is 0 Å². The van der Waals surface area contributed by atoms with Crippen LogP contribution in [0.2, 0.25) is 0 Å². The Morgan fingerprint density at radius 2 is 1.11 bits per heavy atom. The maximum atomic E-state index is 12.7. The molecular formula is C18H20O. The summed E-state index contributed by atoms with van der Waals surface area (Å²) >= 11 is 0. The van der Waals surface area contributed by atoms with Crippen LogP contribution in [-0.2, 0) is 0 Å². The molecule has 0 bridgehead atoms. The molecule has 0 heterocycles. The van der Waals surface area contributed by atoms with Gasteiger partial charge in [-0.3, -0.25) is 4.79 Å². The number of ketones is 1. The molecule has 0 unspecified atom stereocenters. The molecule has 0 amide bonds. The maximum absolute atomic E-state index is 12.7. The topological polar surface area (TPSA) is 17.1 Å². The van der Waals surface area contributed by atoms with E-state index in [4.69, 9.17) is 0 Å². The Balaban J connectivity index is 2.67. The number of carbonyl (C=O) groups is 1. The third kappa shape index (κ3) is 2.21. The molecule has 98 valence electrons. The van der Waals surface area contributed by atoms with E-state index in [0.717, 1.165) is 22.3 Å². The zero-order valence-electron chi connectivity index (χ0n) is 12.3. The van der Waals surface area contributed by atoms with Gasteiger partial charge in [-0.25, -0.2) is 0 Å². The zero-order valence-corrected chi connectivity index (χ0v) is 12.3. The predicted octanol–water partition coefficient (Wildman–Crippen LogP) is 4.46. The average molecular weight is 252 g/mol. The van der Waals surface area contributed by atoms with E-state index in [2.05, 4.69) is 20.8 Å². The average Bonchev–Trinajstić information content (AvgIpc) is 2.44. The van der Waals surface area contributed by atoms with E-state index in [1.807, 2.05) is 44.2 Å². The first kappa shape index (κ1) is 13.5. The van der Waals surface area contributed by atoms with Crippen molar-refractivity contribution in [3.8, 4) is 0 Å². The SMILES string of the molecule is Cc1c(C)c(C)c(C(=O)c2ccccc2)c(C)c1C. The van der Waals surface area contributed by atoms with Crippen LogP contribution in [0.25, 0.3) is 0 Å². The zero-order chi connectivity index (χ0) is 14.2. The highest BCUT2D eigenvalue weighted by molar-refractivity contribution is 6.11. The number of carbonyl (C=O) groups excluding carboxylic acids is 1. The van der Waals surface area contributed by atoms with Crippen molar-refractivity contribution in [3.63, 3.8) is 0 Å². The van der Waals surface area contributed by atoms with Crippen LogP contribution in [0, 0.1) is 34.6 Å². The lowest BCUT2D eigenvalue weighted by Crippen LogP contribution is -2.10. The molecular weight excluding hydrogens is 232 g/mol. The lowest BCUT2D eigenvalue weighted by molar-refractivity contribution is 0.103. The highest BCUT2D eigenvalue weighted by Gasteiger charge is 2.18. The normalized spacial score (nSPS) is 10.6. The molecule has 0 aliphatic carbocycles. The molecule has 0 saturated carbocycles. The largest absolute Gasteiger partial charge is 0.289 e. The van der Waals surface area contributed by atoms with Gasteiger partial charge in [0.25, 0.3) is 0 Å². The third-order valence-electron chi connectivity index (χ3n) is 4.26. The molecule has 0 spiro atoms. The molecule has 2 aromatic rings.